The summed E-state index contributed by atoms with van der Waals surface area (Å²) in [6, 6.07) is 22.1. The maximum Gasteiger partial charge on any atom is 0.338 e. The quantitative estimate of drug-likeness (QED) is 0.202. The van der Waals surface area contributed by atoms with E-state index in [2.05, 4.69) is 15.9 Å². The van der Waals surface area contributed by atoms with Crippen LogP contribution < -0.4 is 24.4 Å². The number of ether oxygens (including phenoxy) is 3. The van der Waals surface area contributed by atoms with Gasteiger partial charge in [-0.25, -0.2) is 14.5 Å². The molecule has 0 amide bonds. The van der Waals surface area contributed by atoms with Crippen molar-refractivity contribution in [3.8, 4) is 28.4 Å². The number of para-hydroxylation sites is 1. The van der Waals surface area contributed by atoms with Gasteiger partial charge in [0, 0.05) is 17.3 Å². The Kier molecular flexibility index (Phi) is 8.55. The Morgan fingerprint density at radius 2 is 1.80 bits per heavy atom. The highest BCUT2D eigenvalue weighted by Crippen LogP contribution is 2.33. The number of hydrogen-bond acceptors (Lipinski definition) is 8. The number of halogens is 1. The molecule has 0 spiro atoms. The van der Waals surface area contributed by atoms with E-state index in [-0.39, 0.29) is 12.2 Å². The number of hydrogen-bond donors (Lipinski definition) is 0. The van der Waals surface area contributed by atoms with Crippen molar-refractivity contribution in [3.05, 3.63) is 126 Å². The lowest BCUT2D eigenvalue weighted by Gasteiger charge is -2.24. The molecule has 5 aromatic rings. The Hall–Kier alpha value is -4.74. The van der Waals surface area contributed by atoms with Gasteiger partial charge in [0.25, 0.3) is 5.56 Å². The van der Waals surface area contributed by atoms with Gasteiger partial charge in [-0.2, -0.15) is 5.10 Å². The summed E-state index contributed by atoms with van der Waals surface area (Å²) in [7, 11) is 3.20. The van der Waals surface area contributed by atoms with Crippen LogP contribution in [-0.2, 0) is 9.53 Å². The third kappa shape index (κ3) is 5.76. The highest BCUT2D eigenvalue weighted by Gasteiger charge is 2.33. The number of thiazole rings is 1. The van der Waals surface area contributed by atoms with Crippen molar-refractivity contribution in [2.75, 3.05) is 20.8 Å². The van der Waals surface area contributed by atoms with Crippen LogP contribution in [0.3, 0.4) is 0 Å². The van der Waals surface area contributed by atoms with E-state index in [4.69, 9.17) is 24.3 Å². The van der Waals surface area contributed by atoms with Crippen LogP contribution in [0.15, 0.2) is 105 Å². The first-order valence-corrected chi connectivity index (χ1v) is 15.8. The standard InChI is InChI=1S/C34H29BrN4O5S/c1-5-44-33(41)29-20(2)36-34-39(31(29)21-11-14-25(42-3)15-12-21)32(40)28(45-34)18-23-19-38(24-9-7-6-8-10-24)37-30(23)22-13-16-27(43-4)26(35)17-22/h6-19,31H,5H2,1-4H3/b28-18+/t31-/m1/s1. The number of carbonyl (C=O) groups excluding carboxylic acids is 1. The second-order valence-electron chi connectivity index (χ2n) is 10.1. The molecule has 6 rings (SSSR count). The number of esters is 1. The molecule has 11 heteroatoms. The monoisotopic (exact) mass is 684 g/mol. The van der Waals surface area contributed by atoms with E-state index in [0.29, 0.717) is 37.8 Å². The van der Waals surface area contributed by atoms with Crippen LogP contribution in [0, 0.1) is 0 Å². The van der Waals surface area contributed by atoms with Crippen LogP contribution in [0.2, 0.25) is 0 Å². The second-order valence-corrected chi connectivity index (χ2v) is 12.0. The fraction of sp³-hybridized carbons (Fsp3) is 0.176. The Labute approximate surface area is 271 Å². The zero-order valence-electron chi connectivity index (χ0n) is 25.0. The number of nitrogens with zero attached hydrogens (tertiary/aromatic N) is 4. The van der Waals surface area contributed by atoms with E-state index >= 15 is 0 Å². The van der Waals surface area contributed by atoms with Crippen molar-refractivity contribution in [1.82, 2.24) is 14.3 Å². The highest BCUT2D eigenvalue weighted by atomic mass is 79.9. The molecule has 3 heterocycles. The summed E-state index contributed by atoms with van der Waals surface area (Å²) in [5, 5.41) is 4.92. The third-order valence-electron chi connectivity index (χ3n) is 7.42. The molecule has 1 atom stereocenters. The Morgan fingerprint density at radius 1 is 1.04 bits per heavy atom. The molecule has 1 aliphatic rings. The van der Waals surface area contributed by atoms with Crippen LogP contribution in [-0.4, -0.2) is 41.1 Å². The zero-order valence-corrected chi connectivity index (χ0v) is 27.4. The predicted molar refractivity (Wildman–Crippen MR) is 177 cm³/mol. The molecular formula is C34H29BrN4O5S. The van der Waals surface area contributed by atoms with E-state index in [1.165, 1.54) is 11.3 Å². The molecule has 228 valence electrons. The number of benzene rings is 3. The van der Waals surface area contributed by atoms with Gasteiger partial charge in [0.2, 0.25) is 0 Å². The molecule has 9 nitrogen and oxygen atoms in total. The fourth-order valence-electron chi connectivity index (χ4n) is 5.28. The number of fused-ring (bicyclic) bond motifs is 1. The van der Waals surface area contributed by atoms with Gasteiger partial charge in [0.1, 0.15) is 17.2 Å². The van der Waals surface area contributed by atoms with E-state index in [9.17, 15) is 9.59 Å². The summed E-state index contributed by atoms with van der Waals surface area (Å²) >= 11 is 4.85. The number of allylic oxidation sites excluding steroid dienone is 1. The lowest BCUT2D eigenvalue weighted by Crippen LogP contribution is -2.39. The second kappa shape index (κ2) is 12.7. The molecule has 0 saturated carbocycles. The lowest BCUT2D eigenvalue weighted by atomic mass is 9.96. The highest BCUT2D eigenvalue weighted by molar-refractivity contribution is 9.10. The summed E-state index contributed by atoms with van der Waals surface area (Å²) in [6.45, 7) is 3.72. The average molecular weight is 686 g/mol. The normalized spacial score (nSPS) is 14.6. The maximum atomic E-state index is 14.3. The van der Waals surface area contributed by atoms with Gasteiger partial charge < -0.3 is 14.2 Å². The molecule has 0 unspecified atom stereocenters. The van der Waals surface area contributed by atoms with Crippen LogP contribution >= 0.6 is 27.3 Å². The van der Waals surface area contributed by atoms with Crippen molar-refractivity contribution in [2.45, 2.75) is 19.9 Å². The molecule has 0 N–H and O–H groups in total. The molecule has 0 bridgehead atoms. The Bertz CT molecular complexity index is 2110. The fourth-order valence-corrected chi connectivity index (χ4v) is 6.86. The van der Waals surface area contributed by atoms with E-state index in [1.807, 2.05) is 72.9 Å². The molecule has 1 aliphatic heterocycles. The first-order valence-electron chi connectivity index (χ1n) is 14.2. The van der Waals surface area contributed by atoms with Gasteiger partial charge >= 0.3 is 5.97 Å². The average Bonchev–Trinajstić information content (AvgIpc) is 3.61. The molecule has 0 saturated heterocycles. The molecule has 2 aromatic heterocycles. The van der Waals surface area contributed by atoms with Crippen molar-refractivity contribution in [3.63, 3.8) is 0 Å². The molecule has 0 aliphatic carbocycles. The summed E-state index contributed by atoms with van der Waals surface area (Å²) in [4.78, 5) is 32.7. The topological polar surface area (TPSA) is 96.9 Å². The number of methoxy groups -OCH3 is 2. The van der Waals surface area contributed by atoms with Crippen molar-refractivity contribution in [2.24, 2.45) is 4.99 Å². The predicted octanol–water partition coefficient (Wildman–Crippen LogP) is 5.43. The van der Waals surface area contributed by atoms with E-state index in [1.54, 1.807) is 49.4 Å². The first-order chi connectivity index (χ1) is 21.8. The zero-order chi connectivity index (χ0) is 31.7. The van der Waals surface area contributed by atoms with Crippen LogP contribution in [0.4, 0.5) is 0 Å². The van der Waals surface area contributed by atoms with Crippen molar-refractivity contribution < 1.29 is 19.0 Å². The summed E-state index contributed by atoms with van der Waals surface area (Å²) in [5.41, 5.74) is 4.43. The van der Waals surface area contributed by atoms with Crippen molar-refractivity contribution in [1.29, 1.82) is 0 Å². The van der Waals surface area contributed by atoms with Gasteiger partial charge in [-0.3, -0.25) is 9.36 Å². The summed E-state index contributed by atoms with van der Waals surface area (Å²) in [6.07, 6.45) is 3.73. The summed E-state index contributed by atoms with van der Waals surface area (Å²) < 4.78 is 20.8. The molecular weight excluding hydrogens is 656 g/mol. The number of carbonyl (C=O) groups is 1. The van der Waals surface area contributed by atoms with Crippen LogP contribution in [0.1, 0.15) is 31.0 Å². The SMILES string of the molecule is CCOC(=O)C1=C(C)N=c2s/c(=C/c3cn(-c4ccccc4)nc3-c3ccc(OC)c(Br)c3)c(=O)n2[C@@H]1c1ccc(OC)cc1. The van der Waals surface area contributed by atoms with E-state index < -0.39 is 12.0 Å². The molecule has 0 fully saturated rings. The number of aromatic nitrogens is 3. The minimum Gasteiger partial charge on any atom is -0.497 e. The smallest absolute Gasteiger partial charge is 0.338 e. The Balaban J connectivity index is 1.55. The maximum absolute atomic E-state index is 14.3. The minimum absolute atomic E-state index is 0.199. The number of rotatable bonds is 8. The Morgan fingerprint density at radius 3 is 2.47 bits per heavy atom. The summed E-state index contributed by atoms with van der Waals surface area (Å²) in [5.74, 6) is 0.852. The van der Waals surface area contributed by atoms with Gasteiger partial charge in [-0.05, 0) is 83.9 Å². The minimum atomic E-state index is -0.725. The molecule has 45 heavy (non-hydrogen) atoms. The first kappa shape index (κ1) is 30.3. The molecule has 0 radical (unpaired) electrons. The van der Waals surface area contributed by atoms with Gasteiger partial charge in [-0.15, -0.1) is 0 Å². The molecule has 3 aromatic carbocycles. The van der Waals surface area contributed by atoms with Gasteiger partial charge in [0.15, 0.2) is 4.80 Å². The van der Waals surface area contributed by atoms with Crippen LogP contribution in [0.25, 0.3) is 23.0 Å². The van der Waals surface area contributed by atoms with Gasteiger partial charge in [-0.1, -0.05) is 41.7 Å². The van der Waals surface area contributed by atoms with Crippen LogP contribution in [0.5, 0.6) is 11.5 Å². The lowest BCUT2D eigenvalue weighted by molar-refractivity contribution is -0.139. The third-order valence-corrected chi connectivity index (χ3v) is 9.03. The van der Waals surface area contributed by atoms with Crippen molar-refractivity contribution >= 4 is 39.3 Å². The van der Waals surface area contributed by atoms with Gasteiger partial charge in [0.05, 0.1) is 52.8 Å². The van der Waals surface area contributed by atoms with E-state index in [0.717, 1.165) is 26.9 Å². The largest absolute Gasteiger partial charge is 0.497 e.